The lowest BCUT2D eigenvalue weighted by atomic mass is 9.98. The Bertz CT molecular complexity index is 1650. The van der Waals surface area contributed by atoms with Crippen LogP contribution in [0.15, 0.2) is 65.8 Å². The van der Waals surface area contributed by atoms with Crippen LogP contribution < -0.4 is 10.0 Å². The first kappa shape index (κ1) is 38.9. The molecule has 0 radical (unpaired) electrons. The number of benzene rings is 2. The summed E-state index contributed by atoms with van der Waals surface area (Å²) in [5.41, 5.74) is 2.51. The molecule has 15 heteroatoms. The summed E-state index contributed by atoms with van der Waals surface area (Å²) < 4.78 is 88.6. The summed E-state index contributed by atoms with van der Waals surface area (Å²) in [4.78, 5) is 28.2. The molecule has 2 aromatic carbocycles. The van der Waals surface area contributed by atoms with Gasteiger partial charge in [-0.3, -0.25) is 14.6 Å². The van der Waals surface area contributed by atoms with E-state index in [1.54, 1.807) is 16.7 Å². The van der Waals surface area contributed by atoms with Gasteiger partial charge in [0.05, 0.1) is 17.9 Å². The van der Waals surface area contributed by atoms with Crippen molar-refractivity contribution >= 4 is 33.8 Å². The lowest BCUT2D eigenvalue weighted by Gasteiger charge is -2.29. The van der Waals surface area contributed by atoms with Crippen molar-refractivity contribution in [3.8, 4) is 11.1 Å². The Morgan fingerprint density at radius 2 is 1.83 bits per heavy atom. The minimum atomic E-state index is -4.79. The predicted molar refractivity (Wildman–Crippen MR) is 177 cm³/mol. The second-order valence-corrected chi connectivity index (χ2v) is 14.6. The van der Waals surface area contributed by atoms with Gasteiger partial charge in [0.25, 0.3) is 0 Å². The number of sulfonamides is 1. The fourth-order valence-corrected chi connectivity index (χ4v) is 6.55. The van der Waals surface area contributed by atoms with Gasteiger partial charge in [0.2, 0.25) is 15.9 Å². The van der Waals surface area contributed by atoms with Crippen LogP contribution in [0.25, 0.3) is 11.1 Å². The van der Waals surface area contributed by atoms with Gasteiger partial charge in [-0.05, 0) is 90.7 Å². The number of carbonyl (C=O) groups is 2. The molecule has 2 N–H and O–H groups in total. The number of nitrogens with one attached hydrogen (secondary N) is 2. The van der Waals surface area contributed by atoms with Gasteiger partial charge in [0.1, 0.15) is 12.4 Å². The molecule has 0 saturated carbocycles. The first-order valence-corrected chi connectivity index (χ1v) is 17.7. The number of aryl methyl sites for hydroxylation is 1. The molecule has 0 aliphatic heterocycles. The third-order valence-electron chi connectivity index (χ3n) is 7.08. The third-order valence-corrected chi connectivity index (χ3v) is 9.70. The number of amides is 1. The Labute approximate surface area is 283 Å². The van der Waals surface area contributed by atoms with Crippen LogP contribution in [-0.2, 0) is 30.5 Å². The maximum atomic E-state index is 13.9. The van der Waals surface area contributed by atoms with Crippen LogP contribution in [0, 0.1) is 18.7 Å². The van der Waals surface area contributed by atoms with Crippen LogP contribution in [0.2, 0.25) is 0 Å². The number of pyridine rings is 1. The van der Waals surface area contributed by atoms with Crippen molar-refractivity contribution in [2.24, 2.45) is 5.92 Å². The summed E-state index contributed by atoms with van der Waals surface area (Å²) in [7, 11) is -3.87. The highest BCUT2D eigenvalue weighted by atomic mass is 32.2. The molecule has 0 aliphatic carbocycles. The fourth-order valence-electron chi connectivity index (χ4n) is 4.54. The fraction of sp³-hybridized carbons (Fsp3) is 0.424. The van der Waals surface area contributed by atoms with Crippen LogP contribution in [0.1, 0.15) is 56.3 Å². The molecular formula is C33H40F4N4O5S2. The molecule has 3 aromatic rings. The lowest BCUT2D eigenvalue weighted by molar-refractivity contribution is -0.143. The van der Waals surface area contributed by atoms with Crippen LogP contribution in [0.4, 0.5) is 17.6 Å². The second kappa shape index (κ2) is 17.7. The molecule has 1 aromatic heterocycles. The zero-order valence-corrected chi connectivity index (χ0v) is 28.8. The number of halogens is 4. The van der Waals surface area contributed by atoms with Crippen molar-refractivity contribution in [2.75, 3.05) is 32.0 Å². The highest BCUT2D eigenvalue weighted by Crippen LogP contribution is 2.41. The van der Waals surface area contributed by atoms with E-state index >= 15 is 0 Å². The van der Waals surface area contributed by atoms with Gasteiger partial charge in [-0.15, -0.1) is 0 Å². The van der Waals surface area contributed by atoms with Crippen molar-refractivity contribution in [3.05, 3.63) is 83.4 Å². The number of hydrogen-bond acceptors (Lipinski definition) is 8. The molecule has 9 nitrogen and oxygen atoms in total. The van der Waals surface area contributed by atoms with Crippen molar-refractivity contribution < 1.29 is 40.3 Å². The summed E-state index contributed by atoms with van der Waals surface area (Å²) >= 11 is 0.824. The third kappa shape index (κ3) is 12.5. The first-order valence-electron chi connectivity index (χ1n) is 15.3. The smallest absolute Gasteiger partial charge is 0.417 e. The number of ether oxygens (including phenoxy) is 1. The van der Waals surface area contributed by atoms with E-state index in [2.05, 4.69) is 15.0 Å². The Balaban J connectivity index is 1.68. The molecule has 0 fully saturated rings. The Morgan fingerprint density at radius 3 is 2.52 bits per heavy atom. The molecule has 262 valence electrons. The van der Waals surface area contributed by atoms with Crippen LogP contribution >= 0.6 is 11.9 Å². The van der Waals surface area contributed by atoms with Gasteiger partial charge in [-0.2, -0.15) is 13.2 Å². The molecule has 1 heterocycles. The Hall–Kier alpha value is -3.53. The van der Waals surface area contributed by atoms with Crippen LogP contribution in [0.5, 0.6) is 0 Å². The van der Waals surface area contributed by atoms with Gasteiger partial charge < -0.3 is 10.1 Å². The highest BCUT2D eigenvalue weighted by Gasteiger charge is 2.35. The van der Waals surface area contributed by atoms with E-state index in [0.29, 0.717) is 6.07 Å². The quantitative estimate of drug-likeness (QED) is 0.0952. The number of esters is 1. The number of hydrogen-bond donors (Lipinski definition) is 2. The second-order valence-electron chi connectivity index (χ2n) is 11.5. The standard InChI is InChI=1S/C33H40F4N4O5S2/c1-22(2)21-46-32(43)20-40-48(44,45)16-14-39-31(42)9-6-15-41(47-30-11-10-27(34)18-29(30)33(35,36)37)24(4)25-7-5-8-26(17-25)28-12-13-38-19-23(28)3/h5,7-8,10-13,17-19,22,24,40H,6,9,14-16,20-21H2,1-4H3,(H,39,42)/t24-/m0/s1. The summed E-state index contributed by atoms with van der Waals surface area (Å²) in [5.74, 6) is -2.54. The number of carbonyl (C=O) groups excluding carboxylic acids is 2. The van der Waals surface area contributed by atoms with E-state index < -0.39 is 57.8 Å². The summed E-state index contributed by atoms with van der Waals surface area (Å²) in [5, 5.41) is 2.52. The summed E-state index contributed by atoms with van der Waals surface area (Å²) in [6, 6.07) is 11.5. The lowest BCUT2D eigenvalue weighted by Crippen LogP contribution is -2.37. The maximum Gasteiger partial charge on any atom is 0.417 e. The summed E-state index contributed by atoms with van der Waals surface area (Å²) in [6.07, 6.45) is -1.19. The first-order chi connectivity index (χ1) is 22.6. The van der Waals surface area contributed by atoms with Gasteiger partial charge in [0, 0.05) is 42.8 Å². The van der Waals surface area contributed by atoms with Gasteiger partial charge >= 0.3 is 12.1 Å². The average Bonchev–Trinajstić information content (AvgIpc) is 3.02. The average molecular weight is 713 g/mol. The normalized spacial score (nSPS) is 12.7. The van der Waals surface area contributed by atoms with Crippen molar-refractivity contribution in [1.29, 1.82) is 0 Å². The van der Waals surface area contributed by atoms with Crippen molar-refractivity contribution in [3.63, 3.8) is 0 Å². The maximum absolute atomic E-state index is 13.9. The van der Waals surface area contributed by atoms with Crippen LogP contribution in [-0.4, -0.2) is 61.6 Å². The van der Waals surface area contributed by atoms with E-state index in [4.69, 9.17) is 4.74 Å². The van der Waals surface area contributed by atoms with Gasteiger partial charge in [-0.1, -0.05) is 32.0 Å². The van der Waals surface area contributed by atoms with E-state index in [9.17, 15) is 35.6 Å². The molecular weight excluding hydrogens is 673 g/mol. The number of alkyl halides is 3. The van der Waals surface area contributed by atoms with Gasteiger partial charge in [0.15, 0.2) is 0 Å². The number of rotatable bonds is 17. The van der Waals surface area contributed by atoms with E-state index in [0.717, 1.165) is 46.3 Å². The highest BCUT2D eigenvalue weighted by molar-refractivity contribution is 7.97. The molecule has 1 amide bonds. The minimum absolute atomic E-state index is 0.0371. The zero-order chi connectivity index (χ0) is 35.5. The molecule has 0 aliphatic rings. The number of nitrogens with zero attached hydrogens (tertiary/aromatic N) is 2. The SMILES string of the molecule is Cc1cnccc1-c1cccc([C@H](C)N(CCCC(=O)NCCS(=O)(=O)NCC(=O)OCC(C)C)Sc2ccc(F)cc2C(F)(F)F)c1. The predicted octanol–water partition coefficient (Wildman–Crippen LogP) is 6.30. The molecule has 0 spiro atoms. The topological polar surface area (TPSA) is 118 Å². The largest absolute Gasteiger partial charge is 0.464 e. The minimum Gasteiger partial charge on any atom is -0.464 e. The summed E-state index contributed by atoms with van der Waals surface area (Å²) in [6.45, 7) is 7.04. The zero-order valence-electron chi connectivity index (χ0n) is 27.1. The Kier molecular flexibility index (Phi) is 14.4. The molecule has 0 saturated heterocycles. The molecule has 0 unspecified atom stereocenters. The molecule has 48 heavy (non-hydrogen) atoms. The Morgan fingerprint density at radius 1 is 1.08 bits per heavy atom. The van der Waals surface area contributed by atoms with E-state index in [-0.39, 0.29) is 43.4 Å². The van der Waals surface area contributed by atoms with Crippen molar-refractivity contribution in [2.45, 2.75) is 57.7 Å². The monoisotopic (exact) mass is 712 g/mol. The van der Waals surface area contributed by atoms with E-state index in [1.165, 1.54) is 0 Å². The van der Waals surface area contributed by atoms with Crippen molar-refractivity contribution in [1.82, 2.24) is 19.3 Å². The van der Waals surface area contributed by atoms with Gasteiger partial charge in [-0.25, -0.2) is 21.8 Å². The van der Waals surface area contributed by atoms with Crippen LogP contribution in [0.3, 0.4) is 0 Å². The molecule has 0 bridgehead atoms. The molecule has 3 rings (SSSR count). The van der Waals surface area contributed by atoms with E-state index in [1.807, 2.05) is 58.0 Å². The number of aromatic nitrogens is 1. The molecule has 1 atom stereocenters.